The zero-order valence-electron chi connectivity index (χ0n) is 9.75. The van der Waals surface area contributed by atoms with E-state index >= 15 is 0 Å². The van der Waals surface area contributed by atoms with Crippen molar-refractivity contribution >= 4 is 0 Å². The van der Waals surface area contributed by atoms with E-state index in [1.54, 1.807) is 0 Å². The Kier molecular flexibility index (Phi) is 4.46. The van der Waals surface area contributed by atoms with Gasteiger partial charge in [0.15, 0.2) is 0 Å². The van der Waals surface area contributed by atoms with Crippen LogP contribution >= 0.6 is 0 Å². The third kappa shape index (κ3) is 2.74. The molecule has 1 aliphatic rings. The van der Waals surface area contributed by atoms with Crippen LogP contribution in [0.15, 0.2) is 12.3 Å². The number of likely N-dealkylation sites (N-methyl/N-ethyl adjacent to an activating group) is 1. The lowest BCUT2D eigenvalue weighted by Crippen LogP contribution is -2.41. The second-order valence-electron chi connectivity index (χ2n) is 4.30. The first-order valence-electron chi connectivity index (χ1n) is 5.70. The zero-order chi connectivity index (χ0) is 10.6. The van der Waals surface area contributed by atoms with E-state index < -0.39 is 0 Å². The van der Waals surface area contributed by atoms with Crippen molar-refractivity contribution in [3.8, 4) is 0 Å². The molecule has 0 N–H and O–H groups in total. The summed E-state index contributed by atoms with van der Waals surface area (Å²) in [7, 11) is 0. The fourth-order valence-corrected chi connectivity index (χ4v) is 2.00. The Hall–Kier alpha value is -0.500. The summed E-state index contributed by atoms with van der Waals surface area (Å²) in [6, 6.07) is 0.559. The minimum absolute atomic E-state index is 0.539. The van der Waals surface area contributed by atoms with Crippen LogP contribution in [0.1, 0.15) is 33.6 Å². The third-order valence-electron chi connectivity index (χ3n) is 2.95. The average Bonchev–Trinajstić information content (AvgIpc) is 2.20. The van der Waals surface area contributed by atoms with Gasteiger partial charge in [-0.1, -0.05) is 20.4 Å². The number of nitrogens with zero attached hydrogens (tertiary/aromatic N) is 1. The maximum atomic E-state index is 5.51. The second kappa shape index (κ2) is 5.40. The summed E-state index contributed by atoms with van der Waals surface area (Å²) in [6.45, 7) is 13.6. The molecule has 0 aromatic heterocycles. The molecule has 1 heterocycles. The predicted molar refractivity (Wildman–Crippen MR) is 60.2 cm³/mol. The van der Waals surface area contributed by atoms with E-state index in [2.05, 4.69) is 32.3 Å². The summed E-state index contributed by atoms with van der Waals surface area (Å²) in [5.41, 5.74) is 1.25. The van der Waals surface area contributed by atoms with Crippen LogP contribution in [0.4, 0.5) is 0 Å². The highest BCUT2D eigenvalue weighted by Gasteiger charge is 2.22. The van der Waals surface area contributed by atoms with Gasteiger partial charge in [-0.3, -0.25) is 0 Å². The van der Waals surface area contributed by atoms with Gasteiger partial charge in [0.05, 0.1) is 12.6 Å². The Morgan fingerprint density at radius 3 is 2.71 bits per heavy atom. The molecular formula is C12H23NO. The van der Waals surface area contributed by atoms with Crippen LogP contribution in [-0.2, 0) is 4.74 Å². The maximum absolute atomic E-state index is 5.51. The molecule has 1 unspecified atom stereocenters. The number of hydrogen-bond donors (Lipinski definition) is 0. The number of ether oxygens (including phenoxy) is 1. The molecule has 0 amide bonds. The molecule has 0 aliphatic carbocycles. The Morgan fingerprint density at radius 2 is 2.29 bits per heavy atom. The van der Waals surface area contributed by atoms with E-state index in [1.807, 2.05) is 0 Å². The average molecular weight is 197 g/mol. The lowest BCUT2D eigenvalue weighted by Gasteiger charge is -2.37. The van der Waals surface area contributed by atoms with Gasteiger partial charge in [0, 0.05) is 18.8 Å². The summed E-state index contributed by atoms with van der Waals surface area (Å²) in [5.74, 6) is 0.539. The Labute approximate surface area is 87.9 Å². The number of allylic oxidation sites excluding steroid dienone is 1. The third-order valence-corrected chi connectivity index (χ3v) is 2.95. The Balaban J connectivity index is 2.55. The molecule has 0 saturated carbocycles. The van der Waals surface area contributed by atoms with Crippen LogP contribution in [0, 0.1) is 5.92 Å². The van der Waals surface area contributed by atoms with E-state index in [1.165, 1.54) is 18.5 Å². The van der Waals surface area contributed by atoms with Crippen molar-refractivity contribution in [2.75, 3.05) is 19.8 Å². The smallest absolute Gasteiger partial charge is 0.0669 e. The van der Waals surface area contributed by atoms with Crippen molar-refractivity contribution < 1.29 is 4.74 Å². The van der Waals surface area contributed by atoms with E-state index in [9.17, 15) is 0 Å². The van der Waals surface area contributed by atoms with Gasteiger partial charge >= 0.3 is 0 Å². The van der Waals surface area contributed by atoms with Gasteiger partial charge in [-0.15, -0.1) is 0 Å². The topological polar surface area (TPSA) is 12.5 Å². The molecule has 82 valence electrons. The van der Waals surface area contributed by atoms with E-state index in [0.717, 1.165) is 19.8 Å². The normalized spacial score (nSPS) is 22.4. The quantitative estimate of drug-likeness (QED) is 0.687. The van der Waals surface area contributed by atoms with Crippen LogP contribution in [-0.4, -0.2) is 30.7 Å². The lowest BCUT2D eigenvalue weighted by molar-refractivity contribution is 0.0293. The molecule has 0 bridgehead atoms. The Bertz CT molecular complexity index is 183. The predicted octanol–water partition coefficient (Wildman–Crippen LogP) is 2.66. The minimum Gasteiger partial charge on any atom is -0.379 e. The molecule has 1 rings (SSSR count). The molecule has 0 spiro atoms. The number of hydrogen-bond acceptors (Lipinski definition) is 2. The summed E-state index contributed by atoms with van der Waals surface area (Å²) in [6.07, 6.45) is 2.44. The summed E-state index contributed by atoms with van der Waals surface area (Å²) >= 11 is 0. The minimum atomic E-state index is 0.539. The monoisotopic (exact) mass is 197 g/mol. The van der Waals surface area contributed by atoms with Gasteiger partial charge in [-0.2, -0.15) is 0 Å². The zero-order valence-corrected chi connectivity index (χ0v) is 9.75. The molecule has 0 radical (unpaired) electrons. The van der Waals surface area contributed by atoms with E-state index in [-0.39, 0.29) is 0 Å². The molecular weight excluding hydrogens is 174 g/mol. The standard InChI is InChI=1S/C12H23NO/c1-5-13(11(4)10(2)3)12-7-6-8-14-9-12/h10,12H,4-9H2,1-3H3. The van der Waals surface area contributed by atoms with Crippen LogP contribution in [0.25, 0.3) is 0 Å². The van der Waals surface area contributed by atoms with Crippen LogP contribution in [0.5, 0.6) is 0 Å². The van der Waals surface area contributed by atoms with Crippen LogP contribution in [0.3, 0.4) is 0 Å². The molecule has 1 saturated heterocycles. The maximum Gasteiger partial charge on any atom is 0.0669 e. The summed E-state index contributed by atoms with van der Waals surface area (Å²) in [4.78, 5) is 2.41. The molecule has 0 aromatic rings. The lowest BCUT2D eigenvalue weighted by atomic mass is 10.0. The largest absolute Gasteiger partial charge is 0.379 e. The van der Waals surface area contributed by atoms with Crippen molar-refractivity contribution in [1.29, 1.82) is 0 Å². The first-order valence-corrected chi connectivity index (χ1v) is 5.70. The molecule has 0 aromatic carbocycles. The highest BCUT2D eigenvalue weighted by Crippen LogP contribution is 2.21. The molecule has 1 aliphatic heterocycles. The van der Waals surface area contributed by atoms with Gasteiger partial charge in [-0.05, 0) is 25.7 Å². The highest BCUT2D eigenvalue weighted by atomic mass is 16.5. The number of rotatable bonds is 4. The van der Waals surface area contributed by atoms with Gasteiger partial charge in [-0.25, -0.2) is 0 Å². The summed E-state index contributed by atoms with van der Waals surface area (Å²) < 4.78 is 5.51. The van der Waals surface area contributed by atoms with Crippen LogP contribution in [0.2, 0.25) is 0 Å². The van der Waals surface area contributed by atoms with Gasteiger partial charge < -0.3 is 9.64 Å². The second-order valence-corrected chi connectivity index (χ2v) is 4.30. The van der Waals surface area contributed by atoms with Gasteiger partial charge in [0.25, 0.3) is 0 Å². The van der Waals surface area contributed by atoms with E-state index in [4.69, 9.17) is 4.74 Å². The van der Waals surface area contributed by atoms with Crippen molar-refractivity contribution in [2.45, 2.75) is 39.7 Å². The molecule has 1 atom stereocenters. The van der Waals surface area contributed by atoms with Crippen molar-refractivity contribution in [2.24, 2.45) is 5.92 Å². The molecule has 2 heteroatoms. The fraction of sp³-hybridized carbons (Fsp3) is 0.833. The van der Waals surface area contributed by atoms with Crippen molar-refractivity contribution in [3.63, 3.8) is 0 Å². The van der Waals surface area contributed by atoms with Crippen LogP contribution < -0.4 is 0 Å². The highest BCUT2D eigenvalue weighted by molar-refractivity contribution is 4.99. The first-order chi connectivity index (χ1) is 6.66. The molecule has 2 nitrogen and oxygen atoms in total. The van der Waals surface area contributed by atoms with Gasteiger partial charge in [0.2, 0.25) is 0 Å². The molecule has 1 fully saturated rings. The SMILES string of the molecule is C=C(C(C)C)N(CC)C1CCCOC1. The van der Waals surface area contributed by atoms with E-state index in [0.29, 0.717) is 12.0 Å². The Morgan fingerprint density at radius 1 is 1.57 bits per heavy atom. The first kappa shape index (κ1) is 11.6. The molecule has 14 heavy (non-hydrogen) atoms. The summed E-state index contributed by atoms with van der Waals surface area (Å²) in [5, 5.41) is 0. The fourth-order valence-electron chi connectivity index (χ4n) is 2.00. The van der Waals surface area contributed by atoms with Crippen molar-refractivity contribution in [1.82, 2.24) is 4.90 Å². The van der Waals surface area contributed by atoms with Crippen molar-refractivity contribution in [3.05, 3.63) is 12.3 Å². The van der Waals surface area contributed by atoms with Gasteiger partial charge in [0.1, 0.15) is 0 Å².